The molecule has 0 fully saturated rings. The Kier molecular flexibility index (Phi) is 8.60. The number of carbonyl (C=O) groups excluding carboxylic acids is 2. The summed E-state index contributed by atoms with van der Waals surface area (Å²) in [4.78, 5) is 34.8. The van der Waals surface area contributed by atoms with Crippen molar-refractivity contribution in [3.8, 4) is 11.5 Å². The van der Waals surface area contributed by atoms with E-state index < -0.39 is 5.91 Å². The molecule has 0 atom stereocenters. The minimum atomic E-state index is -0.460. The molecule has 202 valence electrons. The lowest BCUT2D eigenvalue weighted by Crippen LogP contribution is -2.22. The summed E-state index contributed by atoms with van der Waals surface area (Å²) in [5.41, 5.74) is 4.12. The first kappa shape index (κ1) is 27.4. The first-order valence-corrected chi connectivity index (χ1v) is 12.6. The van der Waals surface area contributed by atoms with Gasteiger partial charge >= 0.3 is 5.97 Å². The highest BCUT2D eigenvalue weighted by molar-refractivity contribution is 6.06. The van der Waals surface area contributed by atoms with Crippen LogP contribution in [0.2, 0.25) is 0 Å². The van der Waals surface area contributed by atoms with Crippen LogP contribution in [-0.2, 0) is 16.1 Å². The Bertz CT molecular complexity index is 1570. The first-order chi connectivity index (χ1) is 18.8. The van der Waals surface area contributed by atoms with Crippen LogP contribution < -0.4 is 20.3 Å². The van der Waals surface area contributed by atoms with Crippen molar-refractivity contribution in [2.75, 3.05) is 19.5 Å². The lowest BCUT2D eigenvalue weighted by molar-refractivity contribution is -0.144. The van der Waals surface area contributed by atoms with E-state index in [1.807, 2.05) is 38.1 Å². The topological polar surface area (TPSA) is 112 Å². The second-order valence-electron chi connectivity index (χ2n) is 8.96. The van der Waals surface area contributed by atoms with Crippen molar-refractivity contribution < 1.29 is 28.2 Å². The van der Waals surface area contributed by atoms with E-state index in [1.54, 1.807) is 44.5 Å². The van der Waals surface area contributed by atoms with Crippen LogP contribution in [0.1, 0.15) is 46.9 Å². The predicted molar refractivity (Wildman–Crippen MR) is 147 cm³/mol. The van der Waals surface area contributed by atoms with Gasteiger partial charge in [0.15, 0.2) is 5.58 Å². The summed E-state index contributed by atoms with van der Waals surface area (Å²) in [6.45, 7) is 5.69. The van der Waals surface area contributed by atoms with Gasteiger partial charge in [-0.2, -0.15) is 0 Å². The number of benzene rings is 2. The van der Waals surface area contributed by atoms with Gasteiger partial charge in [0.05, 0.1) is 31.3 Å². The Morgan fingerprint density at radius 1 is 1.03 bits per heavy atom. The molecule has 0 spiro atoms. The zero-order chi connectivity index (χ0) is 27.9. The van der Waals surface area contributed by atoms with Crippen molar-refractivity contribution in [3.05, 3.63) is 82.7 Å². The van der Waals surface area contributed by atoms with E-state index >= 15 is 0 Å². The van der Waals surface area contributed by atoms with Crippen LogP contribution in [-0.4, -0.2) is 31.1 Å². The molecule has 0 saturated heterocycles. The molecule has 0 saturated carbocycles. The lowest BCUT2D eigenvalue weighted by Gasteiger charge is -2.13. The van der Waals surface area contributed by atoms with E-state index in [0.717, 1.165) is 5.56 Å². The summed E-state index contributed by atoms with van der Waals surface area (Å²) >= 11 is 0. The third-order valence-corrected chi connectivity index (χ3v) is 6.06. The molecule has 0 aliphatic carbocycles. The Morgan fingerprint density at radius 2 is 1.79 bits per heavy atom. The number of aromatic nitrogens is 1. The second kappa shape index (κ2) is 12.3. The molecular formula is C30H31N3O6. The summed E-state index contributed by atoms with van der Waals surface area (Å²) < 4.78 is 22.4. The first-order valence-electron chi connectivity index (χ1n) is 12.6. The van der Waals surface area contributed by atoms with Crippen molar-refractivity contribution in [3.63, 3.8) is 0 Å². The van der Waals surface area contributed by atoms with Gasteiger partial charge in [-0.15, -0.1) is 0 Å². The normalized spacial score (nSPS) is 11.4. The monoisotopic (exact) mass is 529 g/mol. The Balaban J connectivity index is 1.85. The smallest absolute Gasteiger partial charge is 0.306 e. The molecule has 39 heavy (non-hydrogen) atoms. The highest BCUT2D eigenvalue weighted by Crippen LogP contribution is 2.30. The van der Waals surface area contributed by atoms with Crippen molar-refractivity contribution in [2.45, 2.75) is 40.2 Å². The van der Waals surface area contributed by atoms with E-state index in [2.05, 4.69) is 15.3 Å². The third-order valence-electron chi connectivity index (χ3n) is 6.06. The van der Waals surface area contributed by atoms with Gasteiger partial charge in [0.2, 0.25) is 5.55 Å². The van der Waals surface area contributed by atoms with Gasteiger partial charge in [-0.25, -0.2) is 4.99 Å². The Labute approximate surface area is 226 Å². The average Bonchev–Trinajstić information content (AvgIpc) is 2.94. The van der Waals surface area contributed by atoms with Crippen LogP contribution in [0.25, 0.3) is 11.0 Å². The van der Waals surface area contributed by atoms with Gasteiger partial charge < -0.3 is 23.9 Å². The number of methoxy groups -OCH3 is 2. The van der Waals surface area contributed by atoms with E-state index in [0.29, 0.717) is 57.9 Å². The molecule has 2 heterocycles. The van der Waals surface area contributed by atoms with Crippen LogP contribution in [0.3, 0.4) is 0 Å². The molecule has 4 aromatic rings. The number of nitrogens with one attached hydrogen (secondary N) is 1. The number of pyridine rings is 1. The minimum absolute atomic E-state index is 0.0000528. The van der Waals surface area contributed by atoms with Crippen LogP contribution in [0.15, 0.2) is 64.1 Å². The minimum Gasteiger partial charge on any atom is -0.497 e. The van der Waals surface area contributed by atoms with Crippen LogP contribution in [0.5, 0.6) is 11.5 Å². The largest absolute Gasteiger partial charge is 0.497 e. The maximum atomic E-state index is 13.7. The van der Waals surface area contributed by atoms with Crippen LogP contribution in [0.4, 0.5) is 11.4 Å². The Morgan fingerprint density at radius 3 is 2.49 bits per heavy atom. The quantitative estimate of drug-likeness (QED) is 0.273. The van der Waals surface area contributed by atoms with Gasteiger partial charge in [0, 0.05) is 29.6 Å². The molecule has 1 N–H and O–H groups in total. The lowest BCUT2D eigenvalue weighted by atomic mass is 10.1. The molecule has 4 rings (SSSR count). The number of esters is 1. The molecule has 1 amide bonds. The average molecular weight is 530 g/mol. The molecule has 9 nitrogen and oxygen atoms in total. The number of carbonyl (C=O) groups is 2. The molecule has 0 aliphatic rings. The van der Waals surface area contributed by atoms with Crippen LogP contribution >= 0.6 is 0 Å². The van der Waals surface area contributed by atoms with E-state index in [9.17, 15) is 9.59 Å². The van der Waals surface area contributed by atoms with Gasteiger partial charge in [0.25, 0.3) is 5.91 Å². The standard InChI is InChI=1S/C30H31N3O6/c1-6-7-27(34)38-17-20-16-31-19(3)28-23(20)15-24(30(39-28)32-21-10-8-18(2)9-11-21)29(35)33-25-13-12-22(36-4)14-26(25)37-5/h8-16H,6-7,17H2,1-5H3,(H,33,35). The molecule has 0 unspecified atom stereocenters. The number of anilines is 1. The number of hydrogen-bond acceptors (Lipinski definition) is 8. The zero-order valence-electron chi connectivity index (χ0n) is 22.7. The van der Waals surface area contributed by atoms with E-state index in [-0.39, 0.29) is 23.7 Å². The number of rotatable bonds is 9. The predicted octanol–water partition coefficient (Wildman–Crippen LogP) is 5.79. The second-order valence-corrected chi connectivity index (χ2v) is 8.96. The number of ether oxygens (including phenoxy) is 3. The zero-order valence-corrected chi connectivity index (χ0v) is 22.7. The third kappa shape index (κ3) is 6.43. The van der Waals surface area contributed by atoms with Crippen LogP contribution in [0, 0.1) is 13.8 Å². The van der Waals surface area contributed by atoms with Gasteiger partial charge in [0.1, 0.15) is 23.7 Å². The molecule has 2 aromatic heterocycles. The summed E-state index contributed by atoms with van der Waals surface area (Å²) in [5, 5.41) is 3.49. The molecule has 9 heteroatoms. The number of hydrogen-bond donors (Lipinski definition) is 1. The summed E-state index contributed by atoms with van der Waals surface area (Å²) in [7, 11) is 3.06. The fourth-order valence-corrected chi connectivity index (χ4v) is 3.91. The van der Waals surface area contributed by atoms with E-state index in [4.69, 9.17) is 18.6 Å². The molecule has 0 aliphatic heterocycles. The number of amides is 1. The summed E-state index contributed by atoms with van der Waals surface area (Å²) in [6, 6.07) is 14.3. The fourth-order valence-electron chi connectivity index (χ4n) is 3.91. The molecule has 0 radical (unpaired) electrons. The van der Waals surface area contributed by atoms with Gasteiger partial charge in [-0.05, 0) is 50.6 Å². The number of aryl methyl sites for hydroxylation is 2. The summed E-state index contributed by atoms with van der Waals surface area (Å²) in [5.74, 6) is 0.254. The SMILES string of the molecule is CCCC(=O)OCc1cnc(C)c2oc(=Nc3ccc(C)cc3)c(C(=O)Nc3ccc(OC)cc3OC)cc12. The number of fused-ring (bicyclic) bond motifs is 1. The molecular weight excluding hydrogens is 498 g/mol. The maximum Gasteiger partial charge on any atom is 0.306 e. The highest BCUT2D eigenvalue weighted by Gasteiger charge is 2.19. The van der Waals surface area contributed by atoms with Crippen molar-refractivity contribution in [1.82, 2.24) is 4.98 Å². The van der Waals surface area contributed by atoms with Crippen molar-refractivity contribution in [1.29, 1.82) is 0 Å². The summed E-state index contributed by atoms with van der Waals surface area (Å²) in [6.07, 6.45) is 2.62. The van der Waals surface area contributed by atoms with Gasteiger partial charge in [-0.3, -0.25) is 14.6 Å². The van der Waals surface area contributed by atoms with E-state index in [1.165, 1.54) is 7.11 Å². The number of nitrogens with zero attached hydrogens (tertiary/aromatic N) is 2. The van der Waals surface area contributed by atoms with Crippen molar-refractivity contribution >= 4 is 34.2 Å². The van der Waals surface area contributed by atoms with Crippen molar-refractivity contribution in [2.24, 2.45) is 4.99 Å². The maximum absolute atomic E-state index is 13.7. The molecule has 0 bridgehead atoms. The van der Waals surface area contributed by atoms with Gasteiger partial charge in [-0.1, -0.05) is 24.6 Å². The molecule has 2 aromatic carbocycles. The highest BCUT2D eigenvalue weighted by atomic mass is 16.5. The fraction of sp³-hybridized carbons (Fsp3) is 0.267. The Hall–Kier alpha value is -4.66.